The molecular formula is C17H22N2OS. The van der Waals surface area contributed by atoms with Crippen LogP contribution in [0, 0.1) is 12.8 Å². The highest BCUT2D eigenvalue weighted by atomic mass is 32.1. The molecule has 1 aliphatic rings. The van der Waals surface area contributed by atoms with Gasteiger partial charge in [0.25, 0.3) is 5.91 Å². The fraction of sp³-hybridized carbons (Fsp3) is 0.471. The van der Waals surface area contributed by atoms with Gasteiger partial charge in [0.2, 0.25) is 0 Å². The van der Waals surface area contributed by atoms with Crippen molar-refractivity contribution in [1.82, 2.24) is 4.90 Å². The zero-order chi connectivity index (χ0) is 15.0. The van der Waals surface area contributed by atoms with Crippen LogP contribution < -0.4 is 5.73 Å². The lowest BCUT2D eigenvalue weighted by atomic mass is 9.95. The number of benzene rings is 1. The van der Waals surface area contributed by atoms with Gasteiger partial charge in [0, 0.05) is 23.2 Å². The van der Waals surface area contributed by atoms with Gasteiger partial charge < -0.3 is 10.6 Å². The van der Waals surface area contributed by atoms with Gasteiger partial charge in [-0.15, -0.1) is 11.3 Å². The molecule has 0 spiro atoms. The Hall–Kier alpha value is -1.55. The second-order valence-electron chi connectivity index (χ2n) is 6.01. The molecule has 3 nitrogen and oxygen atoms in total. The van der Waals surface area contributed by atoms with Gasteiger partial charge in [-0.25, -0.2) is 0 Å². The summed E-state index contributed by atoms with van der Waals surface area (Å²) in [6.45, 7) is 6.01. The predicted octanol–water partition coefficient (Wildman–Crippen LogP) is 4.05. The minimum Gasteiger partial charge on any atom is -0.397 e. The van der Waals surface area contributed by atoms with Crippen LogP contribution in [0.3, 0.4) is 0 Å². The Morgan fingerprint density at radius 3 is 3.05 bits per heavy atom. The van der Waals surface area contributed by atoms with Crippen molar-refractivity contribution in [3.05, 3.63) is 28.6 Å². The summed E-state index contributed by atoms with van der Waals surface area (Å²) in [6.07, 6.45) is 3.49. The van der Waals surface area contributed by atoms with E-state index < -0.39 is 0 Å². The molecule has 1 amide bonds. The van der Waals surface area contributed by atoms with Crippen LogP contribution in [0.15, 0.2) is 18.2 Å². The molecular weight excluding hydrogens is 280 g/mol. The Morgan fingerprint density at radius 2 is 2.29 bits per heavy atom. The van der Waals surface area contributed by atoms with Crippen molar-refractivity contribution >= 4 is 33.0 Å². The summed E-state index contributed by atoms with van der Waals surface area (Å²) in [5, 5.41) is 1.01. The lowest BCUT2D eigenvalue weighted by Gasteiger charge is -2.32. The molecule has 3 rings (SSSR count). The standard InChI is InChI=1S/C17H22N2OS/c1-3-12-5-4-8-19(10-12)17(20)16-15(18)13-7-6-11(2)9-14(13)21-16/h6-7,9,12H,3-5,8,10,18H2,1-2H3. The Balaban J connectivity index is 1.92. The lowest BCUT2D eigenvalue weighted by molar-refractivity contribution is 0.0677. The maximum Gasteiger partial charge on any atom is 0.266 e. The summed E-state index contributed by atoms with van der Waals surface area (Å²) >= 11 is 1.53. The zero-order valence-corrected chi connectivity index (χ0v) is 13.5. The molecule has 1 atom stereocenters. The quantitative estimate of drug-likeness (QED) is 0.909. The topological polar surface area (TPSA) is 46.3 Å². The van der Waals surface area contributed by atoms with Crippen molar-refractivity contribution in [3.8, 4) is 0 Å². The first-order valence-corrected chi connectivity index (χ1v) is 8.49. The molecule has 2 N–H and O–H groups in total. The molecule has 112 valence electrons. The first kappa shape index (κ1) is 14.4. The van der Waals surface area contributed by atoms with Crippen LogP contribution in [-0.2, 0) is 0 Å². The molecule has 1 saturated heterocycles. The number of amides is 1. The van der Waals surface area contributed by atoms with E-state index in [0.29, 0.717) is 16.5 Å². The summed E-state index contributed by atoms with van der Waals surface area (Å²) < 4.78 is 1.11. The molecule has 2 heterocycles. The fourth-order valence-electron chi connectivity index (χ4n) is 3.11. The van der Waals surface area contributed by atoms with E-state index in [9.17, 15) is 4.79 Å². The fourth-order valence-corrected chi connectivity index (χ4v) is 4.30. The SMILES string of the molecule is CCC1CCCN(C(=O)c2sc3cc(C)ccc3c2N)C1. The average molecular weight is 302 g/mol. The Morgan fingerprint density at radius 1 is 1.48 bits per heavy atom. The Bertz CT molecular complexity index is 677. The number of thiophene rings is 1. The second-order valence-corrected chi connectivity index (χ2v) is 7.06. The highest BCUT2D eigenvalue weighted by Crippen LogP contribution is 2.35. The van der Waals surface area contributed by atoms with Crippen molar-refractivity contribution in [1.29, 1.82) is 0 Å². The van der Waals surface area contributed by atoms with E-state index in [0.717, 1.165) is 36.0 Å². The third-order valence-electron chi connectivity index (χ3n) is 4.46. The van der Waals surface area contributed by atoms with Crippen molar-refractivity contribution in [2.24, 2.45) is 5.92 Å². The summed E-state index contributed by atoms with van der Waals surface area (Å²) in [7, 11) is 0. The molecule has 1 unspecified atom stereocenters. The van der Waals surface area contributed by atoms with Crippen LogP contribution >= 0.6 is 11.3 Å². The van der Waals surface area contributed by atoms with Crippen LogP contribution in [-0.4, -0.2) is 23.9 Å². The van der Waals surface area contributed by atoms with Crippen molar-refractivity contribution in [3.63, 3.8) is 0 Å². The van der Waals surface area contributed by atoms with Gasteiger partial charge in [-0.1, -0.05) is 25.5 Å². The van der Waals surface area contributed by atoms with Gasteiger partial charge in [-0.3, -0.25) is 4.79 Å². The number of likely N-dealkylation sites (tertiary alicyclic amines) is 1. The van der Waals surface area contributed by atoms with E-state index in [1.165, 1.54) is 23.3 Å². The molecule has 1 aromatic carbocycles. The lowest BCUT2D eigenvalue weighted by Crippen LogP contribution is -2.39. The predicted molar refractivity (Wildman–Crippen MR) is 89.9 cm³/mol. The van der Waals surface area contributed by atoms with E-state index >= 15 is 0 Å². The third-order valence-corrected chi connectivity index (χ3v) is 5.62. The largest absolute Gasteiger partial charge is 0.397 e. The van der Waals surface area contributed by atoms with Gasteiger partial charge in [-0.2, -0.15) is 0 Å². The van der Waals surface area contributed by atoms with E-state index in [1.54, 1.807) is 0 Å². The average Bonchev–Trinajstić information content (AvgIpc) is 2.83. The van der Waals surface area contributed by atoms with Crippen LogP contribution in [0.1, 0.15) is 41.4 Å². The number of carbonyl (C=O) groups excluding carboxylic acids is 1. The summed E-state index contributed by atoms with van der Waals surface area (Å²) in [5.74, 6) is 0.755. The maximum absolute atomic E-state index is 12.8. The normalized spacial score (nSPS) is 19.1. The van der Waals surface area contributed by atoms with Crippen LogP contribution in [0.25, 0.3) is 10.1 Å². The number of nitrogen functional groups attached to an aromatic ring is 1. The number of carbonyl (C=O) groups is 1. The van der Waals surface area contributed by atoms with Crippen molar-refractivity contribution in [2.45, 2.75) is 33.1 Å². The number of nitrogens with zero attached hydrogens (tertiary/aromatic N) is 1. The molecule has 0 radical (unpaired) electrons. The van der Waals surface area contributed by atoms with E-state index in [1.807, 2.05) is 17.0 Å². The number of fused-ring (bicyclic) bond motifs is 1. The molecule has 1 aliphatic heterocycles. The molecule has 1 fully saturated rings. The molecule has 0 bridgehead atoms. The summed E-state index contributed by atoms with van der Waals surface area (Å²) in [6, 6.07) is 6.18. The highest BCUT2D eigenvalue weighted by Gasteiger charge is 2.26. The van der Waals surface area contributed by atoms with Gasteiger partial charge >= 0.3 is 0 Å². The highest BCUT2D eigenvalue weighted by molar-refractivity contribution is 7.21. The molecule has 4 heteroatoms. The van der Waals surface area contributed by atoms with Crippen LogP contribution in [0.5, 0.6) is 0 Å². The Kier molecular flexibility index (Phi) is 3.89. The Labute approximate surface area is 129 Å². The smallest absolute Gasteiger partial charge is 0.266 e. The number of anilines is 1. The van der Waals surface area contributed by atoms with Gasteiger partial charge in [0.15, 0.2) is 0 Å². The minimum atomic E-state index is 0.115. The van der Waals surface area contributed by atoms with Gasteiger partial charge in [0.1, 0.15) is 4.88 Å². The molecule has 2 aromatic rings. The second kappa shape index (κ2) is 5.68. The monoisotopic (exact) mass is 302 g/mol. The van der Waals surface area contributed by atoms with Crippen molar-refractivity contribution < 1.29 is 4.79 Å². The van der Waals surface area contributed by atoms with Gasteiger partial charge in [-0.05, 0) is 37.3 Å². The summed E-state index contributed by atoms with van der Waals surface area (Å²) in [5.41, 5.74) is 8.08. The molecule has 0 aliphatic carbocycles. The first-order valence-electron chi connectivity index (χ1n) is 7.68. The van der Waals surface area contributed by atoms with E-state index in [-0.39, 0.29) is 5.91 Å². The maximum atomic E-state index is 12.8. The molecule has 0 saturated carbocycles. The number of nitrogens with two attached hydrogens (primary N) is 1. The summed E-state index contributed by atoms with van der Waals surface area (Å²) in [4.78, 5) is 15.5. The minimum absolute atomic E-state index is 0.115. The van der Waals surface area contributed by atoms with Crippen LogP contribution in [0.2, 0.25) is 0 Å². The number of piperidine rings is 1. The van der Waals surface area contributed by atoms with Crippen molar-refractivity contribution in [2.75, 3.05) is 18.8 Å². The van der Waals surface area contributed by atoms with E-state index in [4.69, 9.17) is 5.73 Å². The van der Waals surface area contributed by atoms with Gasteiger partial charge in [0.05, 0.1) is 5.69 Å². The molecule has 1 aromatic heterocycles. The molecule has 21 heavy (non-hydrogen) atoms. The van der Waals surface area contributed by atoms with E-state index in [2.05, 4.69) is 19.9 Å². The number of hydrogen-bond donors (Lipinski definition) is 1. The third kappa shape index (κ3) is 2.64. The number of rotatable bonds is 2. The number of aryl methyl sites for hydroxylation is 1. The van der Waals surface area contributed by atoms with Crippen LogP contribution in [0.4, 0.5) is 5.69 Å². The zero-order valence-electron chi connectivity index (χ0n) is 12.7. The first-order chi connectivity index (χ1) is 10.1. The number of hydrogen-bond acceptors (Lipinski definition) is 3.